The van der Waals surface area contributed by atoms with Gasteiger partial charge < -0.3 is 10.1 Å². The Bertz CT molecular complexity index is 379. The largest absolute Gasteiger partial charge is 0.417 e. The van der Waals surface area contributed by atoms with Crippen molar-refractivity contribution < 1.29 is 17.9 Å². The van der Waals surface area contributed by atoms with Crippen molar-refractivity contribution in [3.8, 4) is 0 Å². The molecular formula is C14H21F3N2O. The smallest absolute Gasteiger partial charge is 0.379 e. The predicted octanol–water partition coefficient (Wildman–Crippen LogP) is 3.57. The van der Waals surface area contributed by atoms with E-state index in [-0.39, 0.29) is 6.04 Å². The predicted molar refractivity (Wildman–Crippen MR) is 71.4 cm³/mol. The van der Waals surface area contributed by atoms with Crippen molar-refractivity contribution in [2.45, 2.75) is 38.9 Å². The van der Waals surface area contributed by atoms with Crippen molar-refractivity contribution in [3.63, 3.8) is 0 Å². The van der Waals surface area contributed by atoms with Crippen LogP contribution in [0.5, 0.6) is 0 Å². The molecule has 1 unspecified atom stereocenters. The zero-order valence-corrected chi connectivity index (χ0v) is 11.8. The van der Waals surface area contributed by atoms with E-state index in [9.17, 15) is 13.2 Å². The zero-order chi connectivity index (χ0) is 15.0. The second-order valence-electron chi connectivity index (χ2n) is 4.55. The highest BCUT2D eigenvalue weighted by Gasteiger charge is 2.30. The monoisotopic (exact) mass is 290 g/mol. The summed E-state index contributed by atoms with van der Waals surface area (Å²) in [6.45, 7) is 5.84. The van der Waals surface area contributed by atoms with Gasteiger partial charge in [0.25, 0.3) is 0 Å². The third-order valence-corrected chi connectivity index (χ3v) is 2.74. The van der Waals surface area contributed by atoms with Crippen LogP contribution in [0.4, 0.5) is 13.2 Å². The quantitative estimate of drug-likeness (QED) is 0.743. The lowest BCUT2D eigenvalue weighted by atomic mass is 10.1. The summed E-state index contributed by atoms with van der Waals surface area (Å²) >= 11 is 0. The van der Waals surface area contributed by atoms with E-state index in [0.717, 1.165) is 31.6 Å². The van der Waals surface area contributed by atoms with Gasteiger partial charge in [-0.15, -0.1) is 0 Å². The molecule has 20 heavy (non-hydrogen) atoms. The molecule has 0 aromatic carbocycles. The topological polar surface area (TPSA) is 34.1 Å². The number of nitrogens with one attached hydrogen (secondary N) is 1. The van der Waals surface area contributed by atoms with Crippen LogP contribution >= 0.6 is 0 Å². The highest BCUT2D eigenvalue weighted by atomic mass is 19.4. The third kappa shape index (κ3) is 5.46. The van der Waals surface area contributed by atoms with Gasteiger partial charge in [0.05, 0.1) is 23.9 Å². The summed E-state index contributed by atoms with van der Waals surface area (Å²) in [6.07, 6.45) is -1.64. The summed E-state index contributed by atoms with van der Waals surface area (Å²) in [4.78, 5) is 3.91. The van der Waals surface area contributed by atoms with Crippen LogP contribution in [0, 0.1) is 0 Å². The molecule has 1 atom stereocenters. The molecule has 1 N–H and O–H groups in total. The molecule has 0 fully saturated rings. The minimum atomic E-state index is -4.35. The van der Waals surface area contributed by atoms with Crippen molar-refractivity contribution in [2.75, 3.05) is 19.8 Å². The molecule has 0 aliphatic carbocycles. The molecule has 0 spiro atoms. The van der Waals surface area contributed by atoms with E-state index >= 15 is 0 Å². The van der Waals surface area contributed by atoms with Gasteiger partial charge in [0.1, 0.15) is 0 Å². The Morgan fingerprint density at radius 2 is 2.00 bits per heavy atom. The van der Waals surface area contributed by atoms with Gasteiger partial charge in [0, 0.05) is 12.8 Å². The van der Waals surface area contributed by atoms with E-state index in [0.29, 0.717) is 18.9 Å². The number of aromatic nitrogens is 1. The average molecular weight is 290 g/mol. The minimum absolute atomic E-state index is 0.177. The van der Waals surface area contributed by atoms with Crippen LogP contribution in [0.2, 0.25) is 0 Å². The van der Waals surface area contributed by atoms with Crippen LogP contribution in [-0.4, -0.2) is 24.7 Å². The lowest BCUT2D eigenvalue weighted by molar-refractivity contribution is -0.137. The fourth-order valence-corrected chi connectivity index (χ4v) is 1.69. The van der Waals surface area contributed by atoms with Crippen LogP contribution in [0.25, 0.3) is 0 Å². The molecule has 6 heteroatoms. The molecule has 0 saturated carbocycles. The lowest BCUT2D eigenvalue weighted by Crippen LogP contribution is -2.27. The van der Waals surface area contributed by atoms with Crippen molar-refractivity contribution in [2.24, 2.45) is 0 Å². The first-order valence-electron chi connectivity index (χ1n) is 6.83. The SMILES string of the molecule is CCCNC(COCCC)c1ccc(C(F)(F)F)cn1. The first kappa shape index (κ1) is 16.9. The highest BCUT2D eigenvalue weighted by Crippen LogP contribution is 2.28. The molecule has 0 saturated heterocycles. The summed E-state index contributed by atoms with van der Waals surface area (Å²) in [7, 11) is 0. The Hall–Kier alpha value is -1.14. The van der Waals surface area contributed by atoms with Crippen LogP contribution in [-0.2, 0) is 10.9 Å². The number of rotatable bonds is 8. The normalized spacial score (nSPS) is 13.4. The van der Waals surface area contributed by atoms with Gasteiger partial charge in [-0.25, -0.2) is 0 Å². The van der Waals surface area contributed by atoms with E-state index in [4.69, 9.17) is 4.74 Å². The third-order valence-electron chi connectivity index (χ3n) is 2.74. The molecule has 3 nitrogen and oxygen atoms in total. The van der Waals surface area contributed by atoms with Gasteiger partial charge in [-0.2, -0.15) is 13.2 Å². The van der Waals surface area contributed by atoms with E-state index in [1.54, 1.807) is 0 Å². The van der Waals surface area contributed by atoms with Crippen LogP contribution < -0.4 is 5.32 Å². The fraction of sp³-hybridized carbons (Fsp3) is 0.643. The highest BCUT2D eigenvalue weighted by molar-refractivity contribution is 5.19. The maximum absolute atomic E-state index is 12.5. The van der Waals surface area contributed by atoms with E-state index < -0.39 is 11.7 Å². The maximum Gasteiger partial charge on any atom is 0.417 e. The van der Waals surface area contributed by atoms with Gasteiger partial charge >= 0.3 is 6.18 Å². The zero-order valence-electron chi connectivity index (χ0n) is 11.8. The van der Waals surface area contributed by atoms with Crippen molar-refractivity contribution in [1.82, 2.24) is 10.3 Å². The van der Waals surface area contributed by atoms with Gasteiger partial charge in [-0.05, 0) is 31.5 Å². The molecule has 114 valence electrons. The number of hydrogen-bond acceptors (Lipinski definition) is 3. The van der Waals surface area contributed by atoms with E-state index in [2.05, 4.69) is 10.3 Å². The van der Waals surface area contributed by atoms with Crippen LogP contribution in [0.15, 0.2) is 18.3 Å². The Kier molecular flexibility index (Phi) is 6.95. The van der Waals surface area contributed by atoms with Gasteiger partial charge in [-0.1, -0.05) is 13.8 Å². The standard InChI is InChI=1S/C14H21F3N2O/c1-3-7-18-13(10-20-8-4-2)12-6-5-11(9-19-12)14(15,16)17/h5-6,9,13,18H,3-4,7-8,10H2,1-2H3. The first-order chi connectivity index (χ1) is 9.49. The molecule has 0 bridgehead atoms. The number of nitrogens with zero attached hydrogens (tertiary/aromatic N) is 1. The fourth-order valence-electron chi connectivity index (χ4n) is 1.69. The Morgan fingerprint density at radius 3 is 2.50 bits per heavy atom. The first-order valence-corrected chi connectivity index (χ1v) is 6.83. The van der Waals surface area contributed by atoms with Gasteiger partial charge in [-0.3, -0.25) is 4.98 Å². The molecule has 0 radical (unpaired) electrons. The van der Waals surface area contributed by atoms with Crippen LogP contribution in [0.1, 0.15) is 44.0 Å². The van der Waals surface area contributed by atoms with E-state index in [1.165, 1.54) is 6.07 Å². The summed E-state index contributed by atoms with van der Waals surface area (Å²) in [5.41, 5.74) is -0.160. The molecule has 1 aromatic rings. The van der Waals surface area contributed by atoms with Crippen LogP contribution in [0.3, 0.4) is 0 Å². The number of hydrogen-bond donors (Lipinski definition) is 1. The summed E-state index contributed by atoms with van der Waals surface area (Å²) in [6, 6.07) is 2.29. The Labute approximate surface area is 117 Å². The number of alkyl halides is 3. The maximum atomic E-state index is 12.5. The van der Waals surface area contributed by atoms with Gasteiger partial charge in [0.15, 0.2) is 0 Å². The van der Waals surface area contributed by atoms with Crippen molar-refractivity contribution in [3.05, 3.63) is 29.6 Å². The summed E-state index contributed by atoms with van der Waals surface area (Å²) in [5, 5.41) is 3.23. The minimum Gasteiger partial charge on any atom is -0.379 e. The molecule has 1 rings (SSSR count). The molecule has 1 aromatic heterocycles. The number of pyridine rings is 1. The molecule has 0 amide bonds. The number of halogens is 3. The Balaban J connectivity index is 2.73. The molecule has 1 heterocycles. The second-order valence-corrected chi connectivity index (χ2v) is 4.55. The van der Waals surface area contributed by atoms with Gasteiger partial charge in [0.2, 0.25) is 0 Å². The molecule has 0 aliphatic heterocycles. The average Bonchev–Trinajstić information content (AvgIpc) is 2.42. The summed E-state index contributed by atoms with van der Waals surface area (Å²) in [5.74, 6) is 0. The van der Waals surface area contributed by atoms with Crippen molar-refractivity contribution >= 4 is 0 Å². The number of ether oxygens (including phenoxy) is 1. The molecule has 0 aliphatic rings. The van der Waals surface area contributed by atoms with E-state index in [1.807, 2.05) is 13.8 Å². The molecular weight excluding hydrogens is 269 g/mol. The second kappa shape index (κ2) is 8.21. The lowest BCUT2D eigenvalue weighted by Gasteiger charge is -2.18. The Morgan fingerprint density at radius 1 is 1.25 bits per heavy atom. The van der Waals surface area contributed by atoms with Crippen molar-refractivity contribution in [1.29, 1.82) is 0 Å². The summed E-state index contributed by atoms with van der Waals surface area (Å²) < 4.78 is 42.9.